The molecule has 3 aromatic rings. The van der Waals surface area contributed by atoms with E-state index in [0.29, 0.717) is 17.1 Å². The number of aromatic amines is 1. The predicted octanol–water partition coefficient (Wildman–Crippen LogP) is 1.73. The Morgan fingerprint density at radius 1 is 1.17 bits per heavy atom. The average Bonchev–Trinajstić information content (AvgIpc) is 3.14. The molecule has 2 aromatic carbocycles. The molecule has 0 aliphatic carbocycles. The molecule has 0 radical (unpaired) electrons. The molecule has 23 heavy (non-hydrogen) atoms. The van der Waals surface area contributed by atoms with Crippen LogP contribution in [0.1, 0.15) is 27.8 Å². The van der Waals surface area contributed by atoms with Crippen molar-refractivity contribution in [3.8, 4) is 5.75 Å². The Balaban J connectivity index is 1.92. The van der Waals surface area contributed by atoms with Gasteiger partial charge in [0, 0.05) is 5.56 Å². The van der Waals surface area contributed by atoms with Gasteiger partial charge in [0.25, 0.3) is 5.91 Å². The van der Waals surface area contributed by atoms with Crippen molar-refractivity contribution in [2.24, 2.45) is 0 Å². The predicted molar refractivity (Wildman–Crippen MR) is 82.9 cm³/mol. The van der Waals surface area contributed by atoms with Crippen LogP contribution in [0.25, 0.3) is 0 Å². The molecule has 0 bridgehead atoms. The summed E-state index contributed by atoms with van der Waals surface area (Å²) in [5.74, 6) is 0.843. The van der Waals surface area contributed by atoms with Gasteiger partial charge in [0.15, 0.2) is 0 Å². The molecule has 7 heteroatoms. The summed E-state index contributed by atoms with van der Waals surface area (Å²) in [4.78, 5) is 12.4. The first-order valence-electron chi connectivity index (χ1n) is 7.01. The second-order valence-corrected chi connectivity index (χ2v) is 4.82. The van der Waals surface area contributed by atoms with Crippen LogP contribution in [0.2, 0.25) is 0 Å². The molecule has 0 saturated heterocycles. The summed E-state index contributed by atoms with van der Waals surface area (Å²) in [5.41, 5.74) is 1.36. The van der Waals surface area contributed by atoms with Gasteiger partial charge in [-0.15, -0.1) is 10.2 Å². The third kappa shape index (κ3) is 3.34. The van der Waals surface area contributed by atoms with Crippen LogP contribution in [0.3, 0.4) is 0 Å². The number of ether oxygens (including phenoxy) is 1. The third-order valence-electron chi connectivity index (χ3n) is 3.36. The molecule has 1 atom stereocenters. The van der Waals surface area contributed by atoms with E-state index in [-0.39, 0.29) is 5.91 Å². The quantitative estimate of drug-likeness (QED) is 0.748. The van der Waals surface area contributed by atoms with Gasteiger partial charge in [-0.25, -0.2) is 0 Å². The summed E-state index contributed by atoms with van der Waals surface area (Å²) in [6.45, 7) is 0. The first-order valence-corrected chi connectivity index (χ1v) is 7.01. The van der Waals surface area contributed by atoms with Crippen LogP contribution in [0.5, 0.6) is 5.75 Å². The molecule has 0 fully saturated rings. The maximum absolute atomic E-state index is 12.4. The highest BCUT2D eigenvalue weighted by Gasteiger charge is 2.22. The van der Waals surface area contributed by atoms with Gasteiger partial charge in [0.2, 0.25) is 5.82 Å². The van der Waals surface area contributed by atoms with E-state index < -0.39 is 6.04 Å². The van der Waals surface area contributed by atoms with Gasteiger partial charge >= 0.3 is 0 Å². The van der Waals surface area contributed by atoms with E-state index in [2.05, 4.69) is 25.9 Å². The Morgan fingerprint density at radius 3 is 2.70 bits per heavy atom. The maximum Gasteiger partial charge on any atom is 0.252 e. The number of amides is 1. The van der Waals surface area contributed by atoms with E-state index in [9.17, 15) is 4.79 Å². The van der Waals surface area contributed by atoms with Crippen LogP contribution in [-0.4, -0.2) is 33.6 Å². The number of benzene rings is 2. The summed E-state index contributed by atoms with van der Waals surface area (Å²) in [6, 6.07) is 15.8. The number of methoxy groups -OCH3 is 1. The number of nitrogens with zero attached hydrogens (tertiary/aromatic N) is 3. The Kier molecular flexibility index (Phi) is 4.28. The minimum absolute atomic E-state index is 0.219. The number of carbonyl (C=O) groups excluding carboxylic acids is 1. The van der Waals surface area contributed by atoms with Gasteiger partial charge in [-0.1, -0.05) is 35.5 Å². The first kappa shape index (κ1) is 14.7. The minimum atomic E-state index is -0.531. The summed E-state index contributed by atoms with van der Waals surface area (Å²) in [6.07, 6.45) is 0. The van der Waals surface area contributed by atoms with E-state index in [1.54, 1.807) is 19.2 Å². The van der Waals surface area contributed by atoms with Gasteiger partial charge in [-0.3, -0.25) is 4.79 Å². The van der Waals surface area contributed by atoms with E-state index in [4.69, 9.17) is 4.74 Å². The van der Waals surface area contributed by atoms with Crippen molar-refractivity contribution in [2.45, 2.75) is 6.04 Å². The number of hydrogen-bond acceptors (Lipinski definition) is 5. The Bertz CT molecular complexity index is 774. The molecular weight excluding hydrogens is 294 g/mol. The SMILES string of the molecule is COc1cccc(C(NC(=O)c2ccccc2)c2nn[nH]n2)c1. The van der Waals surface area contributed by atoms with Crippen LogP contribution in [-0.2, 0) is 0 Å². The molecule has 116 valence electrons. The lowest BCUT2D eigenvalue weighted by molar-refractivity contribution is 0.0941. The van der Waals surface area contributed by atoms with Gasteiger partial charge in [-0.2, -0.15) is 5.21 Å². The Morgan fingerprint density at radius 2 is 2.00 bits per heavy atom. The zero-order valence-electron chi connectivity index (χ0n) is 12.4. The lowest BCUT2D eigenvalue weighted by Gasteiger charge is -2.16. The van der Waals surface area contributed by atoms with Crippen LogP contribution in [0.15, 0.2) is 54.6 Å². The van der Waals surface area contributed by atoms with Gasteiger partial charge < -0.3 is 10.1 Å². The molecule has 1 unspecified atom stereocenters. The average molecular weight is 309 g/mol. The monoisotopic (exact) mass is 309 g/mol. The standard InChI is InChI=1S/C16H15N5O2/c1-23-13-9-5-8-12(10-13)14(15-18-20-21-19-15)17-16(22)11-6-3-2-4-7-11/h2-10,14H,1H3,(H,17,22)(H,18,19,20,21). The molecule has 3 rings (SSSR count). The zero-order valence-corrected chi connectivity index (χ0v) is 12.4. The largest absolute Gasteiger partial charge is 0.497 e. The molecule has 0 aliphatic rings. The Labute approximate surface area is 132 Å². The normalized spacial score (nSPS) is 11.7. The fraction of sp³-hybridized carbons (Fsp3) is 0.125. The Hall–Kier alpha value is -3.22. The summed E-state index contributed by atoms with van der Waals surface area (Å²) in [7, 11) is 1.59. The highest BCUT2D eigenvalue weighted by Crippen LogP contribution is 2.23. The number of rotatable bonds is 5. The molecule has 0 saturated carbocycles. The van der Waals surface area contributed by atoms with Crippen molar-refractivity contribution in [2.75, 3.05) is 7.11 Å². The second-order valence-electron chi connectivity index (χ2n) is 4.82. The van der Waals surface area contributed by atoms with E-state index >= 15 is 0 Å². The van der Waals surface area contributed by atoms with Crippen LogP contribution in [0.4, 0.5) is 0 Å². The number of carbonyl (C=O) groups is 1. The van der Waals surface area contributed by atoms with Crippen molar-refractivity contribution in [1.29, 1.82) is 0 Å². The highest BCUT2D eigenvalue weighted by molar-refractivity contribution is 5.94. The van der Waals surface area contributed by atoms with Crippen molar-refractivity contribution >= 4 is 5.91 Å². The van der Waals surface area contributed by atoms with Gasteiger partial charge in [0.1, 0.15) is 11.8 Å². The topological polar surface area (TPSA) is 92.8 Å². The van der Waals surface area contributed by atoms with Crippen molar-refractivity contribution in [1.82, 2.24) is 25.9 Å². The van der Waals surface area contributed by atoms with Gasteiger partial charge in [0.05, 0.1) is 7.11 Å². The second kappa shape index (κ2) is 6.69. The van der Waals surface area contributed by atoms with E-state index in [1.165, 1.54) is 0 Å². The number of H-pyrrole nitrogens is 1. The summed E-state index contributed by atoms with van der Waals surface area (Å²) < 4.78 is 5.24. The van der Waals surface area contributed by atoms with E-state index in [0.717, 1.165) is 5.56 Å². The molecular formula is C16H15N5O2. The smallest absolute Gasteiger partial charge is 0.252 e. The number of aromatic nitrogens is 4. The summed E-state index contributed by atoms with van der Waals surface area (Å²) in [5, 5.41) is 16.9. The molecule has 0 aliphatic heterocycles. The third-order valence-corrected chi connectivity index (χ3v) is 3.36. The van der Waals surface area contributed by atoms with Crippen LogP contribution < -0.4 is 10.1 Å². The molecule has 1 amide bonds. The van der Waals surface area contributed by atoms with Crippen LogP contribution >= 0.6 is 0 Å². The van der Waals surface area contributed by atoms with Crippen LogP contribution in [0, 0.1) is 0 Å². The zero-order chi connectivity index (χ0) is 16.1. The lowest BCUT2D eigenvalue weighted by Crippen LogP contribution is -2.30. The van der Waals surface area contributed by atoms with Crippen molar-refractivity contribution < 1.29 is 9.53 Å². The van der Waals surface area contributed by atoms with Crippen molar-refractivity contribution in [3.63, 3.8) is 0 Å². The molecule has 1 heterocycles. The minimum Gasteiger partial charge on any atom is -0.497 e. The maximum atomic E-state index is 12.4. The number of nitrogens with one attached hydrogen (secondary N) is 2. The fourth-order valence-electron chi connectivity index (χ4n) is 2.21. The van der Waals surface area contributed by atoms with Gasteiger partial charge in [-0.05, 0) is 29.8 Å². The summed E-state index contributed by atoms with van der Waals surface area (Å²) >= 11 is 0. The molecule has 2 N–H and O–H groups in total. The molecule has 7 nitrogen and oxygen atoms in total. The first-order chi connectivity index (χ1) is 11.3. The number of tetrazole rings is 1. The number of hydrogen-bond donors (Lipinski definition) is 2. The lowest BCUT2D eigenvalue weighted by atomic mass is 10.1. The van der Waals surface area contributed by atoms with E-state index in [1.807, 2.05) is 42.5 Å². The molecule has 0 spiro atoms. The van der Waals surface area contributed by atoms with Crippen molar-refractivity contribution in [3.05, 3.63) is 71.5 Å². The molecule has 1 aromatic heterocycles. The fourth-order valence-corrected chi connectivity index (χ4v) is 2.21. The highest BCUT2D eigenvalue weighted by atomic mass is 16.5.